The average molecular weight is 304 g/mol. The van der Waals surface area contributed by atoms with Crippen LogP contribution < -0.4 is 10.1 Å². The Kier molecular flexibility index (Phi) is 4.95. The Hall–Kier alpha value is -1.59. The molecule has 2 atom stereocenters. The van der Waals surface area contributed by atoms with Crippen molar-refractivity contribution < 1.29 is 14.3 Å². The molecule has 0 saturated carbocycles. The Bertz CT molecular complexity index is 520. The monoisotopic (exact) mass is 304 g/mol. The number of fused-ring (bicyclic) bond motifs is 2. The van der Waals surface area contributed by atoms with Crippen molar-refractivity contribution >= 4 is 5.91 Å². The van der Waals surface area contributed by atoms with E-state index in [-0.39, 0.29) is 24.7 Å². The van der Waals surface area contributed by atoms with Crippen molar-refractivity contribution in [1.82, 2.24) is 10.2 Å². The second kappa shape index (κ2) is 7.11. The first-order chi connectivity index (χ1) is 10.8. The van der Waals surface area contributed by atoms with Crippen LogP contribution >= 0.6 is 0 Å². The van der Waals surface area contributed by atoms with Crippen molar-refractivity contribution in [2.45, 2.75) is 31.4 Å². The molecule has 1 fully saturated rings. The lowest BCUT2D eigenvalue weighted by molar-refractivity contribution is -0.136. The van der Waals surface area contributed by atoms with Crippen molar-refractivity contribution in [2.24, 2.45) is 0 Å². The molecule has 1 aromatic carbocycles. The van der Waals surface area contributed by atoms with E-state index in [1.807, 2.05) is 25.2 Å². The molecule has 1 saturated heterocycles. The van der Waals surface area contributed by atoms with E-state index < -0.39 is 0 Å². The zero-order chi connectivity index (χ0) is 15.4. The minimum Gasteiger partial charge on any atom is -0.483 e. The zero-order valence-electron chi connectivity index (χ0n) is 13.1. The molecule has 1 amide bonds. The van der Waals surface area contributed by atoms with Crippen LogP contribution in [0, 0.1) is 0 Å². The van der Waals surface area contributed by atoms with Gasteiger partial charge in [0.05, 0.1) is 12.1 Å². The van der Waals surface area contributed by atoms with Crippen LogP contribution in [0.4, 0.5) is 0 Å². The minimum absolute atomic E-state index is 0.00338. The van der Waals surface area contributed by atoms with E-state index in [2.05, 4.69) is 11.4 Å². The summed E-state index contributed by atoms with van der Waals surface area (Å²) >= 11 is 0. The van der Waals surface area contributed by atoms with Crippen molar-refractivity contribution in [3.05, 3.63) is 29.8 Å². The number of aryl methyl sites for hydroxylation is 1. The molecule has 0 aliphatic carbocycles. The fourth-order valence-corrected chi connectivity index (χ4v) is 3.13. The Morgan fingerprint density at radius 1 is 1.23 bits per heavy atom. The third-order valence-electron chi connectivity index (χ3n) is 4.52. The summed E-state index contributed by atoms with van der Waals surface area (Å²) in [6.45, 7) is 2.41. The molecule has 1 N–H and O–H groups in total. The second-order valence-electron chi connectivity index (χ2n) is 5.99. The topological polar surface area (TPSA) is 50.8 Å². The molecule has 2 heterocycles. The van der Waals surface area contributed by atoms with Gasteiger partial charge in [0.2, 0.25) is 0 Å². The molecule has 1 aromatic rings. The van der Waals surface area contributed by atoms with Crippen LogP contribution in [0.15, 0.2) is 24.3 Å². The third-order valence-corrected chi connectivity index (χ3v) is 4.52. The third kappa shape index (κ3) is 3.42. The molecular weight excluding hydrogens is 280 g/mol. The Balaban J connectivity index is 1.75. The first kappa shape index (κ1) is 15.3. The number of ether oxygens (including phenoxy) is 2. The van der Waals surface area contributed by atoms with Crippen molar-refractivity contribution in [1.29, 1.82) is 0 Å². The van der Waals surface area contributed by atoms with Gasteiger partial charge in [0.25, 0.3) is 5.91 Å². The van der Waals surface area contributed by atoms with Gasteiger partial charge in [-0.15, -0.1) is 0 Å². The number of benzene rings is 1. The van der Waals surface area contributed by atoms with Gasteiger partial charge in [0.1, 0.15) is 5.75 Å². The van der Waals surface area contributed by atoms with E-state index in [0.717, 1.165) is 44.7 Å². The van der Waals surface area contributed by atoms with Crippen LogP contribution in [0.2, 0.25) is 0 Å². The predicted octanol–water partition coefficient (Wildman–Crippen LogP) is 1.22. The lowest BCUT2D eigenvalue weighted by Crippen LogP contribution is -2.47. The molecule has 5 heteroatoms. The molecule has 5 nitrogen and oxygen atoms in total. The number of hydrogen-bond acceptors (Lipinski definition) is 4. The molecular formula is C17H24N2O3. The number of amides is 1. The van der Waals surface area contributed by atoms with Gasteiger partial charge >= 0.3 is 0 Å². The second-order valence-corrected chi connectivity index (χ2v) is 5.99. The molecule has 2 aliphatic rings. The summed E-state index contributed by atoms with van der Waals surface area (Å²) in [6, 6.07) is 8.07. The van der Waals surface area contributed by atoms with Crippen molar-refractivity contribution in [2.75, 3.05) is 33.4 Å². The lowest BCUT2D eigenvalue weighted by atomic mass is 10.1. The number of nitrogens with one attached hydrogen (secondary N) is 1. The van der Waals surface area contributed by atoms with Crippen LogP contribution in [0.3, 0.4) is 0 Å². The highest BCUT2D eigenvalue weighted by molar-refractivity contribution is 5.78. The molecule has 120 valence electrons. The number of hydrogen-bond donors (Lipinski definition) is 1. The Labute approximate surface area is 131 Å². The highest BCUT2D eigenvalue weighted by atomic mass is 16.5. The molecule has 22 heavy (non-hydrogen) atoms. The van der Waals surface area contributed by atoms with E-state index in [1.54, 1.807) is 4.90 Å². The maximum Gasteiger partial charge on any atom is 0.260 e. The fraction of sp³-hybridized carbons (Fsp3) is 0.588. The fourth-order valence-electron chi connectivity index (χ4n) is 3.13. The molecule has 0 unspecified atom stereocenters. The molecule has 0 bridgehead atoms. The largest absolute Gasteiger partial charge is 0.483 e. The van der Waals surface area contributed by atoms with Crippen LogP contribution in [-0.4, -0.2) is 56.3 Å². The van der Waals surface area contributed by atoms with Gasteiger partial charge in [0, 0.05) is 26.7 Å². The van der Waals surface area contributed by atoms with Gasteiger partial charge in [-0.05, 0) is 30.9 Å². The van der Waals surface area contributed by atoms with Crippen LogP contribution in [0.1, 0.15) is 18.4 Å². The maximum atomic E-state index is 12.4. The van der Waals surface area contributed by atoms with Crippen LogP contribution in [0.25, 0.3) is 0 Å². The lowest BCUT2D eigenvalue weighted by Gasteiger charge is -2.28. The summed E-state index contributed by atoms with van der Waals surface area (Å²) < 4.78 is 11.8. The summed E-state index contributed by atoms with van der Waals surface area (Å²) in [7, 11) is 1.84. The van der Waals surface area contributed by atoms with Crippen LogP contribution in [-0.2, 0) is 16.0 Å². The number of rotatable bonds is 0. The number of likely N-dealkylation sites (N-methyl/N-ethyl adjacent to an activating group) is 1. The first-order valence-corrected chi connectivity index (χ1v) is 8.04. The smallest absolute Gasteiger partial charge is 0.260 e. The molecule has 0 aromatic heterocycles. The summed E-state index contributed by atoms with van der Waals surface area (Å²) in [5, 5.41) is 3.31. The zero-order valence-corrected chi connectivity index (χ0v) is 13.1. The molecule has 0 radical (unpaired) electrons. The van der Waals surface area contributed by atoms with E-state index in [1.165, 1.54) is 5.56 Å². The SMILES string of the molecule is CN1C(=O)COc2ccccc2CCCCO[C@@H]2CNC[C@@H]21. The highest BCUT2D eigenvalue weighted by Gasteiger charge is 2.33. The average Bonchev–Trinajstić information content (AvgIpc) is 3.00. The van der Waals surface area contributed by atoms with E-state index >= 15 is 0 Å². The van der Waals surface area contributed by atoms with E-state index in [4.69, 9.17) is 9.47 Å². The summed E-state index contributed by atoms with van der Waals surface area (Å²) in [5.41, 5.74) is 1.17. The summed E-state index contributed by atoms with van der Waals surface area (Å²) in [6.07, 6.45) is 3.12. The molecule has 0 spiro atoms. The Morgan fingerprint density at radius 2 is 2.09 bits per heavy atom. The van der Waals surface area contributed by atoms with Gasteiger partial charge in [-0.2, -0.15) is 0 Å². The highest BCUT2D eigenvalue weighted by Crippen LogP contribution is 2.21. The number of carbonyl (C=O) groups is 1. The molecule has 3 rings (SSSR count). The number of nitrogens with zero attached hydrogens (tertiary/aromatic N) is 1. The Morgan fingerprint density at radius 3 is 3.00 bits per heavy atom. The molecule has 2 aliphatic heterocycles. The number of carbonyl (C=O) groups excluding carboxylic acids is 1. The quantitative estimate of drug-likeness (QED) is 0.783. The minimum atomic E-state index is -0.00338. The van der Waals surface area contributed by atoms with Gasteiger partial charge in [-0.25, -0.2) is 0 Å². The van der Waals surface area contributed by atoms with Gasteiger partial charge in [-0.1, -0.05) is 18.2 Å². The van der Waals surface area contributed by atoms with Crippen molar-refractivity contribution in [3.8, 4) is 5.75 Å². The van der Waals surface area contributed by atoms with Gasteiger partial charge in [0.15, 0.2) is 6.61 Å². The maximum absolute atomic E-state index is 12.4. The van der Waals surface area contributed by atoms with E-state index in [9.17, 15) is 4.79 Å². The number of para-hydroxylation sites is 1. The predicted molar refractivity (Wildman–Crippen MR) is 84.0 cm³/mol. The van der Waals surface area contributed by atoms with Gasteiger partial charge < -0.3 is 19.7 Å². The standard InChI is InChI=1S/C17H24N2O3/c1-19-14-10-18-11-16(14)21-9-5-4-7-13-6-2-3-8-15(13)22-12-17(19)20/h2-3,6,8,14,16,18H,4-5,7,9-12H2,1H3/t14-,16+/m0/s1. The van der Waals surface area contributed by atoms with Gasteiger partial charge in [-0.3, -0.25) is 4.79 Å². The van der Waals surface area contributed by atoms with Crippen LogP contribution in [0.5, 0.6) is 5.75 Å². The van der Waals surface area contributed by atoms with E-state index in [0.29, 0.717) is 0 Å². The summed E-state index contributed by atoms with van der Waals surface area (Å²) in [5.74, 6) is 0.821. The summed E-state index contributed by atoms with van der Waals surface area (Å²) in [4.78, 5) is 14.2. The first-order valence-electron chi connectivity index (χ1n) is 8.04. The van der Waals surface area contributed by atoms with Crippen molar-refractivity contribution in [3.63, 3.8) is 0 Å². The normalized spacial score (nSPS) is 27.0.